The predicted octanol–water partition coefficient (Wildman–Crippen LogP) is 1.89. The van der Waals surface area contributed by atoms with Crippen molar-refractivity contribution < 1.29 is 9.53 Å². The highest BCUT2D eigenvalue weighted by Crippen LogP contribution is 2.29. The van der Waals surface area contributed by atoms with Crippen molar-refractivity contribution in [1.82, 2.24) is 15.1 Å². The van der Waals surface area contributed by atoms with Gasteiger partial charge in [0.1, 0.15) is 5.82 Å². The van der Waals surface area contributed by atoms with Gasteiger partial charge in [-0.3, -0.25) is 20.4 Å². The van der Waals surface area contributed by atoms with Gasteiger partial charge in [-0.2, -0.15) is 0 Å². The lowest BCUT2D eigenvalue weighted by Crippen LogP contribution is -2.44. The van der Waals surface area contributed by atoms with E-state index >= 15 is 0 Å². The van der Waals surface area contributed by atoms with Crippen LogP contribution in [-0.2, 0) is 15.3 Å². The second-order valence-corrected chi connectivity index (χ2v) is 6.69. The first-order valence-corrected chi connectivity index (χ1v) is 8.80. The third-order valence-electron chi connectivity index (χ3n) is 4.66. The Morgan fingerprint density at radius 2 is 1.93 bits per heavy atom. The van der Waals surface area contributed by atoms with Gasteiger partial charge in [0.05, 0.1) is 17.3 Å². The summed E-state index contributed by atoms with van der Waals surface area (Å²) >= 11 is 0. The van der Waals surface area contributed by atoms with E-state index in [9.17, 15) is 9.59 Å². The molecular formula is C20H19N5O3. The molecule has 0 aliphatic carbocycles. The fraction of sp³-hybridized carbons (Fsp3) is 0.200. The third kappa shape index (κ3) is 3.09. The van der Waals surface area contributed by atoms with Crippen molar-refractivity contribution in [2.45, 2.75) is 26.0 Å². The van der Waals surface area contributed by atoms with E-state index in [0.29, 0.717) is 16.7 Å². The number of carbonyl (C=O) groups excluding carboxylic acids is 1. The maximum Gasteiger partial charge on any atom is 0.280 e. The molecule has 1 aliphatic rings. The first kappa shape index (κ1) is 17.7. The normalized spacial score (nSPS) is 17.9. The lowest BCUT2D eigenvalue weighted by Gasteiger charge is -2.27. The molecule has 28 heavy (non-hydrogen) atoms. The van der Waals surface area contributed by atoms with Crippen LogP contribution in [0.3, 0.4) is 0 Å². The number of rotatable bonds is 4. The molecule has 1 atom stereocenters. The highest BCUT2D eigenvalue weighted by molar-refractivity contribution is 5.86. The maximum absolute atomic E-state index is 12.8. The number of aromatic nitrogens is 2. The SMILES string of the molecule is Cc1ccc(C2(CC(=O)Nn3c(C)nc4ccccc4c3=O)NN=CO2)cc1. The molecule has 4 rings (SSSR count). The molecular weight excluding hydrogens is 358 g/mol. The smallest absolute Gasteiger partial charge is 0.280 e. The van der Waals surface area contributed by atoms with Gasteiger partial charge < -0.3 is 4.74 Å². The van der Waals surface area contributed by atoms with Crippen LogP contribution in [0.5, 0.6) is 0 Å². The number of fused-ring (bicyclic) bond motifs is 1. The summed E-state index contributed by atoms with van der Waals surface area (Å²) in [7, 11) is 0. The van der Waals surface area contributed by atoms with Gasteiger partial charge in [-0.1, -0.05) is 42.0 Å². The number of benzene rings is 2. The number of hydrogen-bond acceptors (Lipinski definition) is 6. The summed E-state index contributed by atoms with van der Waals surface area (Å²) < 4.78 is 6.80. The maximum atomic E-state index is 12.8. The first-order chi connectivity index (χ1) is 13.5. The predicted molar refractivity (Wildman–Crippen MR) is 105 cm³/mol. The van der Waals surface area contributed by atoms with E-state index in [4.69, 9.17) is 4.74 Å². The molecule has 2 aromatic carbocycles. The summed E-state index contributed by atoms with van der Waals surface area (Å²) in [6.07, 6.45) is 1.18. The average Bonchev–Trinajstić information content (AvgIpc) is 3.15. The van der Waals surface area contributed by atoms with Crippen molar-refractivity contribution in [3.8, 4) is 0 Å². The number of ether oxygens (including phenoxy) is 1. The Kier molecular flexibility index (Phi) is 4.31. The summed E-state index contributed by atoms with van der Waals surface area (Å²) in [5.41, 5.74) is 6.46. The molecule has 3 aromatic rings. The lowest BCUT2D eigenvalue weighted by atomic mass is 9.98. The van der Waals surface area contributed by atoms with Gasteiger partial charge in [0.25, 0.3) is 5.56 Å². The Hall–Kier alpha value is -3.68. The van der Waals surface area contributed by atoms with Gasteiger partial charge in [0.2, 0.25) is 11.6 Å². The number of para-hydroxylation sites is 1. The molecule has 0 spiro atoms. The fourth-order valence-corrected chi connectivity index (χ4v) is 3.18. The number of aryl methyl sites for hydroxylation is 2. The molecule has 1 aliphatic heterocycles. The lowest BCUT2D eigenvalue weighted by molar-refractivity contribution is -0.122. The zero-order chi connectivity index (χ0) is 19.7. The quantitative estimate of drug-likeness (QED) is 0.724. The molecule has 2 N–H and O–H groups in total. The summed E-state index contributed by atoms with van der Waals surface area (Å²) in [5.74, 6) is -0.0289. The number of carbonyl (C=O) groups is 1. The van der Waals surface area contributed by atoms with Crippen LogP contribution in [0, 0.1) is 13.8 Å². The van der Waals surface area contributed by atoms with E-state index in [2.05, 4.69) is 20.9 Å². The Morgan fingerprint density at radius 3 is 2.64 bits per heavy atom. The number of hydrazone groups is 1. The minimum atomic E-state index is -1.13. The molecule has 1 unspecified atom stereocenters. The average molecular weight is 377 g/mol. The number of nitrogens with one attached hydrogen (secondary N) is 2. The zero-order valence-corrected chi connectivity index (χ0v) is 15.5. The van der Waals surface area contributed by atoms with Crippen LogP contribution in [0.2, 0.25) is 0 Å². The van der Waals surface area contributed by atoms with Crippen LogP contribution in [0.4, 0.5) is 0 Å². The summed E-state index contributed by atoms with van der Waals surface area (Å²) in [5, 5.41) is 4.34. The Bertz CT molecular complexity index is 1130. The molecule has 0 fully saturated rings. The Labute approximate surface area is 160 Å². The van der Waals surface area contributed by atoms with Crippen LogP contribution < -0.4 is 16.4 Å². The van der Waals surface area contributed by atoms with Gasteiger partial charge in [-0.25, -0.2) is 9.66 Å². The molecule has 0 bridgehead atoms. The minimum Gasteiger partial charge on any atom is -0.450 e. The van der Waals surface area contributed by atoms with E-state index < -0.39 is 11.6 Å². The third-order valence-corrected chi connectivity index (χ3v) is 4.66. The van der Waals surface area contributed by atoms with E-state index in [1.54, 1.807) is 25.1 Å². The molecule has 1 aromatic heterocycles. The standard InChI is InChI=1S/C20H19N5O3/c1-13-7-9-15(10-8-13)20(24-21-12-28-20)11-18(26)23-25-14(2)22-17-6-4-3-5-16(17)19(25)27/h3-10,12,24H,11H2,1-2H3,(H,23,26). The van der Waals surface area contributed by atoms with Crippen molar-refractivity contribution in [1.29, 1.82) is 0 Å². The molecule has 0 radical (unpaired) electrons. The number of nitrogens with zero attached hydrogens (tertiary/aromatic N) is 3. The highest BCUT2D eigenvalue weighted by Gasteiger charge is 2.39. The van der Waals surface area contributed by atoms with Gasteiger partial charge in [-0.05, 0) is 26.0 Å². The van der Waals surface area contributed by atoms with Crippen LogP contribution in [0.1, 0.15) is 23.4 Å². The largest absolute Gasteiger partial charge is 0.450 e. The topological polar surface area (TPSA) is 97.6 Å². The van der Waals surface area contributed by atoms with Gasteiger partial charge in [0, 0.05) is 5.56 Å². The minimum absolute atomic E-state index is 0.0885. The van der Waals surface area contributed by atoms with E-state index in [1.165, 1.54) is 6.40 Å². The molecule has 2 heterocycles. The van der Waals surface area contributed by atoms with Crippen molar-refractivity contribution in [2.75, 3.05) is 5.43 Å². The van der Waals surface area contributed by atoms with Crippen LogP contribution >= 0.6 is 0 Å². The number of amides is 1. The van der Waals surface area contributed by atoms with Crippen molar-refractivity contribution in [2.24, 2.45) is 5.10 Å². The summed E-state index contributed by atoms with van der Waals surface area (Å²) in [6.45, 7) is 3.64. The monoisotopic (exact) mass is 377 g/mol. The van der Waals surface area contributed by atoms with E-state index in [1.807, 2.05) is 37.3 Å². The molecule has 1 amide bonds. The van der Waals surface area contributed by atoms with Gasteiger partial charge >= 0.3 is 0 Å². The zero-order valence-electron chi connectivity index (χ0n) is 15.5. The fourth-order valence-electron chi connectivity index (χ4n) is 3.18. The van der Waals surface area contributed by atoms with Gasteiger partial charge in [0.15, 0.2) is 6.40 Å². The first-order valence-electron chi connectivity index (χ1n) is 8.80. The van der Waals surface area contributed by atoms with E-state index in [-0.39, 0.29) is 12.0 Å². The summed E-state index contributed by atoms with van der Waals surface area (Å²) in [6, 6.07) is 14.6. The molecule has 8 heteroatoms. The van der Waals surface area contributed by atoms with Crippen molar-refractivity contribution in [3.63, 3.8) is 0 Å². The second-order valence-electron chi connectivity index (χ2n) is 6.69. The van der Waals surface area contributed by atoms with Crippen molar-refractivity contribution >= 4 is 23.2 Å². The summed E-state index contributed by atoms with van der Waals surface area (Å²) in [4.78, 5) is 29.9. The second kappa shape index (κ2) is 6.80. The molecule has 8 nitrogen and oxygen atoms in total. The molecule has 0 saturated carbocycles. The Balaban J connectivity index is 1.62. The molecule has 142 valence electrons. The number of hydrogen-bond donors (Lipinski definition) is 2. The molecule has 0 saturated heterocycles. The van der Waals surface area contributed by atoms with Crippen molar-refractivity contribution in [3.05, 3.63) is 75.8 Å². The Morgan fingerprint density at radius 1 is 1.18 bits per heavy atom. The highest BCUT2D eigenvalue weighted by atomic mass is 16.5. The van der Waals surface area contributed by atoms with E-state index in [0.717, 1.165) is 15.8 Å². The van der Waals surface area contributed by atoms with Crippen LogP contribution in [-0.4, -0.2) is 22.0 Å². The van der Waals surface area contributed by atoms with Crippen LogP contribution in [0.15, 0.2) is 58.4 Å². The van der Waals surface area contributed by atoms with Gasteiger partial charge in [-0.15, -0.1) is 5.10 Å². The van der Waals surface area contributed by atoms with Crippen LogP contribution in [0.25, 0.3) is 10.9 Å².